The number of nitrogens with zero attached hydrogens (tertiary/aromatic N) is 2. The van der Waals surface area contributed by atoms with Crippen LogP contribution in [0.2, 0.25) is 0 Å². The van der Waals surface area contributed by atoms with Crippen molar-refractivity contribution in [1.82, 2.24) is 9.80 Å². The van der Waals surface area contributed by atoms with Crippen LogP contribution in [0.5, 0.6) is 0 Å². The summed E-state index contributed by atoms with van der Waals surface area (Å²) in [5, 5.41) is 9.02. The van der Waals surface area contributed by atoms with Gasteiger partial charge in [-0.25, -0.2) is 9.59 Å². The summed E-state index contributed by atoms with van der Waals surface area (Å²) >= 11 is 0. The molecule has 1 aromatic carbocycles. The SMILES string of the molecule is C[C@@H](C(=O)O)N1CCCN(Cc2ccccc2)C1=O. The van der Waals surface area contributed by atoms with Crippen molar-refractivity contribution in [3.63, 3.8) is 0 Å². The Labute approximate surface area is 112 Å². The van der Waals surface area contributed by atoms with Crippen molar-refractivity contribution in [1.29, 1.82) is 0 Å². The summed E-state index contributed by atoms with van der Waals surface area (Å²) in [6.45, 7) is 3.27. The van der Waals surface area contributed by atoms with E-state index in [0.717, 1.165) is 12.0 Å². The first-order valence-corrected chi connectivity index (χ1v) is 6.42. The zero-order valence-corrected chi connectivity index (χ0v) is 11.0. The van der Waals surface area contributed by atoms with Crippen LogP contribution < -0.4 is 0 Å². The third kappa shape index (κ3) is 3.05. The Hall–Kier alpha value is -2.04. The average molecular weight is 262 g/mol. The number of carboxylic acids is 1. The van der Waals surface area contributed by atoms with Crippen molar-refractivity contribution < 1.29 is 14.7 Å². The molecule has 5 heteroatoms. The minimum Gasteiger partial charge on any atom is -0.480 e. The highest BCUT2D eigenvalue weighted by Crippen LogP contribution is 2.15. The maximum Gasteiger partial charge on any atom is 0.326 e. The van der Waals surface area contributed by atoms with Crippen molar-refractivity contribution in [2.75, 3.05) is 13.1 Å². The standard InChI is InChI=1S/C14H18N2O3/c1-11(13(17)18)16-9-5-8-15(14(16)19)10-12-6-3-2-4-7-12/h2-4,6-7,11H,5,8-10H2,1H3,(H,17,18)/t11-/m0/s1. The summed E-state index contributed by atoms with van der Waals surface area (Å²) in [5.41, 5.74) is 1.06. The number of hydrogen-bond donors (Lipinski definition) is 1. The quantitative estimate of drug-likeness (QED) is 0.899. The molecule has 5 nitrogen and oxygen atoms in total. The van der Waals surface area contributed by atoms with E-state index < -0.39 is 12.0 Å². The number of urea groups is 1. The van der Waals surface area contributed by atoms with Crippen LogP contribution in [0.4, 0.5) is 4.79 Å². The van der Waals surface area contributed by atoms with Gasteiger partial charge in [0.25, 0.3) is 0 Å². The van der Waals surface area contributed by atoms with E-state index in [9.17, 15) is 9.59 Å². The van der Waals surface area contributed by atoms with Crippen LogP contribution in [-0.2, 0) is 11.3 Å². The Morgan fingerprint density at radius 3 is 2.63 bits per heavy atom. The Balaban J connectivity index is 2.06. The minimum atomic E-state index is -0.963. The summed E-state index contributed by atoms with van der Waals surface area (Å²) in [7, 11) is 0. The molecular weight excluding hydrogens is 244 g/mol. The topological polar surface area (TPSA) is 60.9 Å². The number of amides is 2. The number of benzene rings is 1. The van der Waals surface area contributed by atoms with Gasteiger partial charge in [-0.1, -0.05) is 30.3 Å². The van der Waals surface area contributed by atoms with Crippen molar-refractivity contribution in [3.05, 3.63) is 35.9 Å². The van der Waals surface area contributed by atoms with E-state index in [0.29, 0.717) is 19.6 Å². The van der Waals surface area contributed by atoms with Crippen LogP contribution in [0.1, 0.15) is 18.9 Å². The van der Waals surface area contributed by atoms with Crippen LogP contribution >= 0.6 is 0 Å². The van der Waals surface area contributed by atoms with Gasteiger partial charge in [0.1, 0.15) is 6.04 Å². The van der Waals surface area contributed by atoms with Crippen LogP contribution in [0.25, 0.3) is 0 Å². The van der Waals surface area contributed by atoms with Gasteiger partial charge in [0.05, 0.1) is 0 Å². The molecule has 1 saturated heterocycles. The van der Waals surface area contributed by atoms with E-state index in [1.54, 1.807) is 11.8 Å². The molecule has 1 N–H and O–H groups in total. The number of aliphatic carboxylic acids is 1. The number of rotatable bonds is 4. The highest BCUT2D eigenvalue weighted by Gasteiger charge is 2.32. The van der Waals surface area contributed by atoms with Crippen LogP contribution in [-0.4, -0.2) is 46.0 Å². The van der Waals surface area contributed by atoms with E-state index in [1.807, 2.05) is 30.3 Å². The molecule has 1 heterocycles. The molecule has 2 rings (SSSR count). The van der Waals surface area contributed by atoms with Gasteiger partial charge in [0.15, 0.2) is 0 Å². The van der Waals surface area contributed by atoms with Gasteiger partial charge in [-0.05, 0) is 18.9 Å². The first-order chi connectivity index (χ1) is 9.09. The molecule has 0 bridgehead atoms. The molecule has 1 fully saturated rings. The fourth-order valence-corrected chi connectivity index (χ4v) is 2.25. The van der Waals surface area contributed by atoms with Gasteiger partial charge in [0.2, 0.25) is 0 Å². The lowest BCUT2D eigenvalue weighted by Gasteiger charge is -2.37. The second-order valence-electron chi connectivity index (χ2n) is 4.75. The molecule has 0 unspecified atom stereocenters. The molecule has 0 saturated carbocycles. The lowest BCUT2D eigenvalue weighted by Crippen LogP contribution is -2.54. The Morgan fingerprint density at radius 1 is 1.32 bits per heavy atom. The molecule has 102 valence electrons. The summed E-state index contributed by atoms with van der Waals surface area (Å²) in [5.74, 6) is -0.963. The zero-order valence-electron chi connectivity index (χ0n) is 11.0. The number of carbonyl (C=O) groups excluding carboxylic acids is 1. The molecule has 0 spiro atoms. The maximum atomic E-state index is 12.3. The van der Waals surface area contributed by atoms with E-state index in [4.69, 9.17) is 5.11 Å². The second kappa shape index (κ2) is 5.73. The number of carbonyl (C=O) groups is 2. The predicted octanol–water partition coefficient (Wildman–Crippen LogP) is 1.79. The lowest BCUT2D eigenvalue weighted by molar-refractivity contribution is -0.142. The monoisotopic (exact) mass is 262 g/mol. The molecule has 0 radical (unpaired) electrons. The number of carboxylic acid groups (broad SMARTS) is 1. The Kier molecular flexibility index (Phi) is 4.04. The maximum absolute atomic E-state index is 12.3. The fraction of sp³-hybridized carbons (Fsp3) is 0.429. The van der Waals surface area contributed by atoms with Gasteiger partial charge in [-0.15, -0.1) is 0 Å². The van der Waals surface area contributed by atoms with E-state index in [2.05, 4.69) is 0 Å². The lowest BCUT2D eigenvalue weighted by atomic mass is 10.1. The molecular formula is C14H18N2O3. The molecule has 1 aliphatic heterocycles. The van der Waals surface area contributed by atoms with Gasteiger partial charge in [-0.3, -0.25) is 0 Å². The molecule has 2 amide bonds. The normalized spacial score (nSPS) is 17.4. The summed E-state index contributed by atoms with van der Waals surface area (Å²) < 4.78 is 0. The summed E-state index contributed by atoms with van der Waals surface area (Å²) in [6, 6.07) is 8.76. The van der Waals surface area contributed by atoms with Crippen molar-refractivity contribution >= 4 is 12.0 Å². The Morgan fingerprint density at radius 2 is 2.00 bits per heavy atom. The van der Waals surface area contributed by atoms with Gasteiger partial charge >= 0.3 is 12.0 Å². The third-order valence-electron chi connectivity index (χ3n) is 3.38. The smallest absolute Gasteiger partial charge is 0.326 e. The zero-order chi connectivity index (χ0) is 13.8. The fourth-order valence-electron chi connectivity index (χ4n) is 2.25. The molecule has 1 aliphatic rings. The Bertz CT molecular complexity index is 461. The minimum absolute atomic E-state index is 0.190. The molecule has 1 atom stereocenters. The van der Waals surface area contributed by atoms with E-state index in [-0.39, 0.29) is 6.03 Å². The van der Waals surface area contributed by atoms with Crippen molar-refractivity contribution in [2.24, 2.45) is 0 Å². The van der Waals surface area contributed by atoms with Crippen molar-refractivity contribution in [3.8, 4) is 0 Å². The third-order valence-corrected chi connectivity index (χ3v) is 3.38. The highest BCUT2D eigenvalue weighted by atomic mass is 16.4. The van der Waals surface area contributed by atoms with Crippen LogP contribution in [0.15, 0.2) is 30.3 Å². The number of hydrogen-bond acceptors (Lipinski definition) is 2. The average Bonchev–Trinajstić information content (AvgIpc) is 2.41. The van der Waals surface area contributed by atoms with Crippen molar-refractivity contribution in [2.45, 2.75) is 25.9 Å². The second-order valence-corrected chi connectivity index (χ2v) is 4.75. The van der Waals surface area contributed by atoms with Gasteiger partial charge in [0, 0.05) is 19.6 Å². The van der Waals surface area contributed by atoms with E-state index in [1.165, 1.54) is 4.90 Å². The van der Waals surface area contributed by atoms with Crippen LogP contribution in [0, 0.1) is 0 Å². The summed E-state index contributed by atoms with van der Waals surface area (Å²) in [4.78, 5) is 26.4. The highest BCUT2D eigenvalue weighted by molar-refractivity contribution is 5.82. The molecule has 19 heavy (non-hydrogen) atoms. The van der Waals surface area contributed by atoms with Gasteiger partial charge < -0.3 is 14.9 Å². The van der Waals surface area contributed by atoms with Gasteiger partial charge in [-0.2, -0.15) is 0 Å². The molecule has 0 aromatic heterocycles. The predicted molar refractivity (Wildman–Crippen MR) is 70.7 cm³/mol. The summed E-state index contributed by atoms with van der Waals surface area (Å²) in [6.07, 6.45) is 0.802. The van der Waals surface area contributed by atoms with Crippen LogP contribution in [0.3, 0.4) is 0 Å². The molecule has 0 aliphatic carbocycles. The van der Waals surface area contributed by atoms with E-state index >= 15 is 0 Å². The first-order valence-electron chi connectivity index (χ1n) is 6.42. The largest absolute Gasteiger partial charge is 0.480 e. The molecule has 1 aromatic rings. The first kappa shape index (κ1) is 13.4.